The number of amidine groups is 1. The van der Waals surface area contributed by atoms with Crippen LogP contribution in [0.1, 0.15) is 19.4 Å². The number of rotatable bonds is 5. The Balaban J connectivity index is 2.68. The second kappa shape index (κ2) is 6.41. The van der Waals surface area contributed by atoms with Gasteiger partial charge in [-0.3, -0.25) is 0 Å². The van der Waals surface area contributed by atoms with Gasteiger partial charge in [0.2, 0.25) is 0 Å². The number of para-hydroxylation sites is 1. The zero-order valence-electron chi connectivity index (χ0n) is 12.2. The van der Waals surface area contributed by atoms with Gasteiger partial charge >= 0.3 is 0 Å². The summed E-state index contributed by atoms with van der Waals surface area (Å²) < 4.78 is 0. The lowest BCUT2D eigenvalue weighted by Crippen LogP contribution is -2.36. The molecule has 21 heavy (non-hydrogen) atoms. The van der Waals surface area contributed by atoms with E-state index in [1.807, 2.05) is 49.1 Å². The Morgan fingerprint density at radius 3 is 2.71 bits per heavy atom. The van der Waals surface area contributed by atoms with Crippen molar-refractivity contribution in [3.63, 3.8) is 0 Å². The summed E-state index contributed by atoms with van der Waals surface area (Å²) in [7, 11) is 0. The lowest BCUT2D eigenvalue weighted by atomic mass is 10.1. The normalized spacial score (nSPS) is 12.1. The van der Waals surface area contributed by atoms with Crippen LogP contribution in [0.15, 0.2) is 35.5 Å². The average molecular weight is 288 g/mol. The summed E-state index contributed by atoms with van der Waals surface area (Å²) in [5, 5.41) is 22.3. The molecule has 1 aromatic carbocycles. The monoisotopic (exact) mass is 288 g/mol. The van der Waals surface area contributed by atoms with E-state index in [0.717, 1.165) is 10.9 Å². The summed E-state index contributed by atoms with van der Waals surface area (Å²) in [5.41, 5.74) is 7.17. The Bertz CT molecular complexity index is 655. The van der Waals surface area contributed by atoms with Crippen LogP contribution in [0.25, 0.3) is 10.9 Å². The molecule has 0 saturated heterocycles. The molecule has 2 rings (SSSR count). The number of fused-ring (bicyclic) bond motifs is 1. The van der Waals surface area contributed by atoms with Gasteiger partial charge in [-0.25, -0.2) is 4.98 Å². The first kappa shape index (κ1) is 15.1. The molecule has 0 bridgehead atoms. The topological polar surface area (TPSA) is 95.0 Å². The van der Waals surface area contributed by atoms with Crippen LogP contribution >= 0.6 is 0 Å². The summed E-state index contributed by atoms with van der Waals surface area (Å²) >= 11 is 0. The predicted octanol–water partition coefficient (Wildman–Crippen LogP) is 1.54. The number of hydrogen-bond acceptors (Lipinski definition) is 5. The molecular weight excluding hydrogens is 268 g/mol. The van der Waals surface area contributed by atoms with E-state index in [0.29, 0.717) is 17.9 Å². The molecule has 0 amide bonds. The maximum atomic E-state index is 9.27. The third kappa shape index (κ3) is 3.05. The largest absolute Gasteiger partial charge is 0.409 e. The minimum absolute atomic E-state index is 0.00228. The fourth-order valence-electron chi connectivity index (χ4n) is 2.28. The van der Waals surface area contributed by atoms with Crippen LogP contribution in [0, 0.1) is 0 Å². The first-order valence-corrected chi connectivity index (χ1v) is 6.83. The van der Waals surface area contributed by atoms with Crippen LogP contribution in [0.4, 0.5) is 5.82 Å². The van der Waals surface area contributed by atoms with Gasteiger partial charge in [-0.1, -0.05) is 23.4 Å². The molecule has 0 unspecified atom stereocenters. The SMILES string of the molecule is CC(C)N(CCO)c1nc2ccccc2cc1C(N)=NO. The lowest BCUT2D eigenvalue weighted by Gasteiger charge is -2.29. The second-order valence-corrected chi connectivity index (χ2v) is 5.05. The highest BCUT2D eigenvalue weighted by Crippen LogP contribution is 2.25. The fraction of sp³-hybridized carbons (Fsp3) is 0.333. The Labute approximate surface area is 123 Å². The molecule has 0 aliphatic carbocycles. The summed E-state index contributed by atoms with van der Waals surface area (Å²) in [6.45, 7) is 4.43. The summed E-state index contributed by atoms with van der Waals surface area (Å²) in [5.74, 6) is 0.611. The van der Waals surface area contributed by atoms with Crippen LogP contribution in [0.2, 0.25) is 0 Å². The quantitative estimate of drug-likeness (QED) is 0.336. The summed E-state index contributed by atoms with van der Waals surface area (Å²) in [6.07, 6.45) is 0. The highest BCUT2D eigenvalue weighted by molar-refractivity contribution is 6.04. The molecule has 112 valence electrons. The number of benzene rings is 1. The van der Waals surface area contributed by atoms with Crippen LogP contribution in [0.5, 0.6) is 0 Å². The van der Waals surface area contributed by atoms with Crippen molar-refractivity contribution in [2.24, 2.45) is 10.9 Å². The van der Waals surface area contributed by atoms with Crippen LogP contribution in [0.3, 0.4) is 0 Å². The van der Waals surface area contributed by atoms with Crippen molar-refractivity contribution in [3.05, 3.63) is 35.9 Å². The van der Waals surface area contributed by atoms with E-state index in [1.165, 1.54) is 0 Å². The molecule has 4 N–H and O–H groups in total. The predicted molar refractivity (Wildman–Crippen MR) is 83.8 cm³/mol. The number of aromatic nitrogens is 1. The van der Waals surface area contributed by atoms with Crippen molar-refractivity contribution < 1.29 is 10.3 Å². The maximum absolute atomic E-state index is 9.27. The highest BCUT2D eigenvalue weighted by Gasteiger charge is 2.19. The van der Waals surface area contributed by atoms with E-state index in [9.17, 15) is 5.11 Å². The van der Waals surface area contributed by atoms with Gasteiger partial charge in [0.1, 0.15) is 5.82 Å². The molecule has 1 heterocycles. The molecule has 0 saturated carbocycles. The zero-order valence-corrected chi connectivity index (χ0v) is 12.2. The van der Waals surface area contributed by atoms with Crippen LogP contribution < -0.4 is 10.6 Å². The van der Waals surface area contributed by atoms with E-state index in [2.05, 4.69) is 10.1 Å². The molecular formula is C15H20N4O2. The van der Waals surface area contributed by atoms with Crippen LogP contribution in [-0.2, 0) is 0 Å². The molecule has 0 fully saturated rings. The Morgan fingerprint density at radius 1 is 1.38 bits per heavy atom. The Morgan fingerprint density at radius 2 is 2.10 bits per heavy atom. The third-order valence-corrected chi connectivity index (χ3v) is 3.32. The van der Waals surface area contributed by atoms with E-state index < -0.39 is 0 Å². The number of hydrogen-bond donors (Lipinski definition) is 3. The number of nitrogens with two attached hydrogens (primary N) is 1. The number of aliphatic hydroxyl groups excluding tert-OH is 1. The molecule has 0 aliphatic heterocycles. The maximum Gasteiger partial charge on any atom is 0.173 e. The average Bonchev–Trinajstić information content (AvgIpc) is 2.50. The molecule has 6 nitrogen and oxygen atoms in total. The summed E-state index contributed by atoms with van der Waals surface area (Å²) in [6, 6.07) is 9.62. The van der Waals surface area contributed by atoms with Crippen molar-refractivity contribution in [2.45, 2.75) is 19.9 Å². The standard InChI is InChI=1S/C15H20N4O2/c1-10(2)19(7-8-20)15-12(14(16)18-21)9-11-5-3-4-6-13(11)17-15/h3-6,9-10,20-21H,7-8H2,1-2H3,(H2,16,18). The molecule has 2 aromatic rings. The Kier molecular flexibility index (Phi) is 4.59. The highest BCUT2D eigenvalue weighted by atomic mass is 16.4. The second-order valence-electron chi connectivity index (χ2n) is 5.05. The van der Waals surface area contributed by atoms with Crippen molar-refractivity contribution in [1.82, 2.24) is 4.98 Å². The number of aliphatic hydroxyl groups is 1. The van der Waals surface area contributed by atoms with Gasteiger partial charge < -0.3 is 20.9 Å². The number of nitrogens with zero attached hydrogens (tertiary/aromatic N) is 3. The third-order valence-electron chi connectivity index (χ3n) is 3.32. The van der Waals surface area contributed by atoms with Gasteiger partial charge in [0, 0.05) is 18.0 Å². The van der Waals surface area contributed by atoms with Gasteiger partial charge in [0.15, 0.2) is 5.84 Å². The molecule has 0 aliphatic rings. The van der Waals surface area contributed by atoms with Crippen LogP contribution in [-0.4, -0.2) is 40.3 Å². The van der Waals surface area contributed by atoms with Crippen molar-refractivity contribution >= 4 is 22.6 Å². The minimum atomic E-state index is 0.00228. The first-order chi connectivity index (χ1) is 10.1. The molecule has 1 aromatic heterocycles. The van der Waals surface area contributed by atoms with Crippen molar-refractivity contribution in [1.29, 1.82) is 0 Å². The number of oxime groups is 1. The summed E-state index contributed by atoms with van der Waals surface area (Å²) in [4.78, 5) is 6.56. The van der Waals surface area contributed by atoms with Gasteiger partial charge in [-0.2, -0.15) is 0 Å². The smallest absolute Gasteiger partial charge is 0.173 e. The molecule has 6 heteroatoms. The van der Waals surface area contributed by atoms with Gasteiger partial charge in [0.25, 0.3) is 0 Å². The van der Waals surface area contributed by atoms with E-state index >= 15 is 0 Å². The van der Waals surface area contributed by atoms with Crippen molar-refractivity contribution in [3.8, 4) is 0 Å². The van der Waals surface area contributed by atoms with Crippen molar-refractivity contribution in [2.75, 3.05) is 18.1 Å². The molecule has 0 spiro atoms. The van der Waals surface area contributed by atoms with E-state index in [1.54, 1.807) is 0 Å². The fourth-order valence-corrected chi connectivity index (χ4v) is 2.28. The lowest BCUT2D eigenvalue weighted by molar-refractivity contribution is 0.298. The van der Waals surface area contributed by atoms with Gasteiger partial charge in [0.05, 0.1) is 17.7 Å². The zero-order chi connectivity index (χ0) is 15.4. The number of pyridine rings is 1. The first-order valence-electron chi connectivity index (χ1n) is 6.83. The number of anilines is 1. The molecule has 0 atom stereocenters. The van der Waals surface area contributed by atoms with E-state index in [-0.39, 0.29) is 18.5 Å². The van der Waals surface area contributed by atoms with Gasteiger partial charge in [-0.15, -0.1) is 0 Å². The molecule has 0 radical (unpaired) electrons. The van der Waals surface area contributed by atoms with Gasteiger partial charge in [-0.05, 0) is 26.0 Å². The Hall–Kier alpha value is -2.34. The van der Waals surface area contributed by atoms with E-state index in [4.69, 9.17) is 10.9 Å². The minimum Gasteiger partial charge on any atom is -0.409 e.